The molecule has 1 fully saturated rings. The van der Waals surface area contributed by atoms with Crippen LogP contribution in [0, 0.1) is 5.92 Å². The minimum absolute atomic E-state index is 0.184. The normalized spacial score (nSPS) is 18.7. The lowest BCUT2D eigenvalue weighted by Crippen LogP contribution is -2.55. The molecule has 2 rings (SSSR count). The highest BCUT2D eigenvalue weighted by molar-refractivity contribution is 5.92. The summed E-state index contributed by atoms with van der Waals surface area (Å²) < 4.78 is 5.27. The van der Waals surface area contributed by atoms with Crippen molar-refractivity contribution < 1.29 is 24.2 Å². The summed E-state index contributed by atoms with van der Waals surface area (Å²) in [5, 5.41) is 15.5. The summed E-state index contributed by atoms with van der Waals surface area (Å²) in [6, 6.07) is 5.02. The van der Waals surface area contributed by atoms with Gasteiger partial charge in [0.2, 0.25) is 11.8 Å². The van der Waals surface area contributed by atoms with Crippen LogP contribution >= 0.6 is 0 Å². The molecule has 0 heterocycles. The highest BCUT2D eigenvalue weighted by atomic mass is 16.6. The maximum atomic E-state index is 13.7. The number of benzene rings is 1. The molecule has 8 nitrogen and oxygen atoms in total. The van der Waals surface area contributed by atoms with E-state index in [1.54, 1.807) is 26.8 Å². The average molecular weight is 488 g/mol. The molecule has 0 spiro atoms. The Morgan fingerprint density at radius 1 is 1.29 bits per heavy atom. The summed E-state index contributed by atoms with van der Waals surface area (Å²) in [6.45, 7) is 12.9. The van der Waals surface area contributed by atoms with E-state index >= 15 is 0 Å². The minimum atomic E-state index is -1.24. The smallest absolute Gasteiger partial charge is 0.408 e. The van der Waals surface area contributed by atoms with Gasteiger partial charge in [0.15, 0.2) is 0 Å². The second-order valence-electron chi connectivity index (χ2n) is 10.2. The number of ether oxygens (including phenoxy) is 1. The largest absolute Gasteiger partial charge is 0.444 e. The zero-order chi connectivity index (χ0) is 26.2. The van der Waals surface area contributed by atoms with Crippen molar-refractivity contribution in [1.82, 2.24) is 15.5 Å². The van der Waals surface area contributed by atoms with E-state index in [1.165, 1.54) is 4.90 Å². The predicted octanol–water partition coefficient (Wildman–Crippen LogP) is 3.80. The Morgan fingerprint density at radius 3 is 2.51 bits per heavy atom. The molecule has 0 saturated heterocycles. The van der Waals surface area contributed by atoms with Crippen molar-refractivity contribution in [2.45, 2.75) is 84.0 Å². The van der Waals surface area contributed by atoms with Crippen molar-refractivity contribution in [3.63, 3.8) is 0 Å². The Hall–Kier alpha value is -2.87. The zero-order valence-corrected chi connectivity index (χ0v) is 21.7. The molecule has 0 aliphatic heterocycles. The van der Waals surface area contributed by atoms with E-state index in [-0.39, 0.29) is 17.9 Å². The molecule has 194 valence electrons. The number of carbonyl (C=O) groups is 3. The standard InChI is InChI=1S/C27H41N3O5/c1-7-9-10-14-28-24(32)23(20-13-11-12-19(8-2)16-20)30(22-15-18(22)3)25(33)21(17-31)29-26(34)35-27(4,5)6/h8,11-13,16,18,21-23,31H,2,7,9-10,14-15,17H2,1,3-6H3,(H,28,32)(H,29,34). The van der Waals surface area contributed by atoms with Gasteiger partial charge < -0.3 is 25.4 Å². The van der Waals surface area contributed by atoms with Gasteiger partial charge in [-0.05, 0) is 56.7 Å². The third-order valence-corrected chi connectivity index (χ3v) is 5.92. The van der Waals surface area contributed by atoms with E-state index < -0.39 is 36.3 Å². The molecule has 1 aliphatic carbocycles. The number of aliphatic hydroxyl groups excluding tert-OH is 1. The fourth-order valence-electron chi connectivity index (χ4n) is 3.97. The van der Waals surface area contributed by atoms with Gasteiger partial charge in [-0.1, -0.05) is 57.5 Å². The first-order valence-electron chi connectivity index (χ1n) is 12.4. The number of hydrogen-bond donors (Lipinski definition) is 3. The molecular weight excluding hydrogens is 446 g/mol. The molecule has 1 saturated carbocycles. The van der Waals surface area contributed by atoms with E-state index in [9.17, 15) is 19.5 Å². The maximum absolute atomic E-state index is 13.7. The van der Waals surface area contributed by atoms with E-state index in [0.717, 1.165) is 31.2 Å². The summed E-state index contributed by atoms with van der Waals surface area (Å²) in [4.78, 5) is 41.1. The van der Waals surface area contributed by atoms with E-state index in [1.807, 2.05) is 31.2 Å². The SMILES string of the molecule is C=Cc1cccc(C(C(=O)NCCCCC)N(C(=O)C(CO)NC(=O)OC(C)(C)C)C2CC2C)c1. The Labute approximate surface area is 209 Å². The highest BCUT2D eigenvalue weighted by Crippen LogP contribution is 2.40. The van der Waals surface area contributed by atoms with Gasteiger partial charge in [0.05, 0.1) is 6.61 Å². The molecule has 1 aromatic rings. The van der Waals surface area contributed by atoms with Crippen LogP contribution in [0.1, 0.15) is 77.5 Å². The fourth-order valence-corrected chi connectivity index (χ4v) is 3.97. The van der Waals surface area contributed by atoms with Gasteiger partial charge in [0, 0.05) is 12.6 Å². The van der Waals surface area contributed by atoms with Crippen LogP contribution in [0.15, 0.2) is 30.8 Å². The number of amides is 3. The van der Waals surface area contributed by atoms with Gasteiger partial charge in [-0.15, -0.1) is 0 Å². The second kappa shape index (κ2) is 12.7. The lowest BCUT2D eigenvalue weighted by Gasteiger charge is -2.34. The van der Waals surface area contributed by atoms with Crippen molar-refractivity contribution in [2.24, 2.45) is 5.92 Å². The molecular formula is C27H41N3O5. The molecule has 35 heavy (non-hydrogen) atoms. The van der Waals surface area contributed by atoms with E-state index in [0.29, 0.717) is 12.1 Å². The number of alkyl carbamates (subject to hydrolysis) is 1. The van der Waals surface area contributed by atoms with Crippen molar-refractivity contribution in [1.29, 1.82) is 0 Å². The average Bonchev–Trinajstić information content (AvgIpc) is 3.52. The van der Waals surface area contributed by atoms with Crippen LogP contribution < -0.4 is 10.6 Å². The highest BCUT2D eigenvalue weighted by Gasteiger charge is 2.48. The summed E-state index contributed by atoms with van der Waals surface area (Å²) in [5.74, 6) is -0.619. The lowest BCUT2D eigenvalue weighted by molar-refractivity contribution is -0.144. The van der Waals surface area contributed by atoms with Gasteiger partial charge in [-0.2, -0.15) is 0 Å². The summed E-state index contributed by atoms with van der Waals surface area (Å²) in [6.07, 6.45) is 4.48. The molecule has 1 aromatic carbocycles. The Balaban J connectivity index is 2.40. The molecule has 4 unspecified atom stereocenters. The topological polar surface area (TPSA) is 108 Å². The maximum Gasteiger partial charge on any atom is 0.408 e. The first-order valence-corrected chi connectivity index (χ1v) is 12.4. The molecule has 8 heteroatoms. The van der Waals surface area contributed by atoms with Crippen molar-refractivity contribution in [3.05, 3.63) is 42.0 Å². The summed E-state index contributed by atoms with van der Waals surface area (Å²) in [7, 11) is 0. The van der Waals surface area contributed by atoms with Crippen molar-refractivity contribution in [2.75, 3.05) is 13.2 Å². The molecule has 0 radical (unpaired) electrons. The van der Waals surface area contributed by atoms with Gasteiger partial charge >= 0.3 is 6.09 Å². The van der Waals surface area contributed by atoms with E-state index in [4.69, 9.17) is 4.74 Å². The Bertz CT molecular complexity index is 895. The molecule has 4 atom stereocenters. The Morgan fingerprint density at radius 2 is 1.97 bits per heavy atom. The van der Waals surface area contributed by atoms with Crippen LogP contribution in [0.4, 0.5) is 4.79 Å². The van der Waals surface area contributed by atoms with Crippen LogP contribution in [-0.4, -0.2) is 58.8 Å². The monoisotopic (exact) mass is 487 g/mol. The second-order valence-corrected chi connectivity index (χ2v) is 10.2. The number of aliphatic hydroxyl groups is 1. The summed E-state index contributed by atoms with van der Waals surface area (Å²) >= 11 is 0. The van der Waals surface area contributed by atoms with Crippen molar-refractivity contribution in [3.8, 4) is 0 Å². The number of hydrogen-bond acceptors (Lipinski definition) is 5. The first kappa shape index (κ1) is 28.4. The Kier molecular flexibility index (Phi) is 10.3. The number of rotatable bonds is 12. The van der Waals surface area contributed by atoms with Gasteiger partial charge in [0.25, 0.3) is 0 Å². The third-order valence-electron chi connectivity index (χ3n) is 5.92. The number of nitrogens with one attached hydrogen (secondary N) is 2. The van der Waals surface area contributed by atoms with E-state index in [2.05, 4.69) is 24.1 Å². The fraction of sp³-hybridized carbons (Fsp3) is 0.593. The molecule has 0 bridgehead atoms. The lowest BCUT2D eigenvalue weighted by atomic mass is 10.00. The zero-order valence-electron chi connectivity index (χ0n) is 21.7. The van der Waals surface area contributed by atoms with Crippen LogP contribution in [-0.2, 0) is 14.3 Å². The third kappa shape index (κ3) is 8.38. The van der Waals surface area contributed by atoms with Gasteiger partial charge in [0.1, 0.15) is 17.7 Å². The predicted molar refractivity (Wildman–Crippen MR) is 136 cm³/mol. The number of carbonyl (C=O) groups excluding carboxylic acids is 3. The van der Waals surface area contributed by atoms with Crippen LogP contribution in [0.25, 0.3) is 6.08 Å². The number of nitrogens with zero attached hydrogens (tertiary/aromatic N) is 1. The summed E-state index contributed by atoms with van der Waals surface area (Å²) in [5.41, 5.74) is 0.717. The first-order chi connectivity index (χ1) is 16.5. The van der Waals surface area contributed by atoms with Crippen LogP contribution in [0.3, 0.4) is 0 Å². The van der Waals surface area contributed by atoms with Crippen LogP contribution in [0.5, 0.6) is 0 Å². The van der Waals surface area contributed by atoms with Crippen LogP contribution in [0.2, 0.25) is 0 Å². The molecule has 1 aliphatic rings. The molecule has 3 N–H and O–H groups in total. The van der Waals surface area contributed by atoms with Crippen molar-refractivity contribution >= 4 is 24.0 Å². The van der Waals surface area contributed by atoms with Gasteiger partial charge in [-0.25, -0.2) is 4.79 Å². The van der Waals surface area contributed by atoms with Gasteiger partial charge in [-0.3, -0.25) is 9.59 Å². The molecule has 0 aromatic heterocycles. The molecule has 3 amide bonds. The quantitative estimate of drug-likeness (QED) is 0.389. The minimum Gasteiger partial charge on any atom is -0.444 e. The number of unbranched alkanes of at least 4 members (excludes halogenated alkanes) is 2.